The van der Waals surface area contributed by atoms with Crippen LogP contribution in [0.2, 0.25) is 0 Å². The van der Waals surface area contributed by atoms with Gasteiger partial charge in [-0.15, -0.1) is 0 Å². The van der Waals surface area contributed by atoms with Gasteiger partial charge in [0.25, 0.3) is 0 Å². The molecule has 84 valence electrons. The van der Waals surface area contributed by atoms with Gasteiger partial charge in [0.05, 0.1) is 12.2 Å². The van der Waals surface area contributed by atoms with E-state index in [1.165, 1.54) is 6.92 Å². The predicted octanol–water partition coefficient (Wildman–Crippen LogP) is 1.46. The van der Waals surface area contributed by atoms with Crippen LogP contribution in [-0.2, 0) is 19.1 Å². The van der Waals surface area contributed by atoms with E-state index in [1.807, 2.05) is 6.92 Å². The zero-order valence-corrected chi connectivity index (χ0v) is 8.78. The summed E-state index contributed by atoms with van der Waals surface area (Å²) in [6.07, 6.45) is 1.63. The summed E-state index contributed by atoms with van der Waals surface area (Å²) < 4.78 is 9.18. The lowest BCUT2D eigenvalue weighted by Gasteiger charge is -2.02. The van der Waals surface area contributed by atoms with Gasteiger partial charge in [-0.2, -0.15) is 0 Å². The fraction of sp³-hybridized carbons (Fsp3) is 0.400. The lowest BCUT2D eigenvalue weighted by Crippen LogP contribution is -2.08. The van der Waals surface area contributed by atoms with E-state index < -0.39 is 17.7 Å². The Morgan fingerprint density at radius 3 is 2.47 bits per heavy atom. The van der Waals surface area contributed by atoms with E-state index in [2.05, 4.69) is 11.3 Å². The Morgan fingerprint density at radius 1 is 1.40 bits per heavy atom. The summed E-state index contributed by atoms with van der Waals surface area (Å²) in [6, 6.07) is 0. The molecule has 0 bridgehead atoms. The highest BCUT2D eigenvalue weighted by molar-refractivity contribution is 5.89. The molecule has 1 N–H and O–H groups in total. The fourth-order valence-electron chi connectivity index (χ4n) is 0.567. The van der Waals surface area contributed by atoms with Crippen molar-refractivity contribution >= 4 is 11.9 Å². The van der Waals surface area contributed by atoms with Crippen molar-refractivity contribution in [2.24, 2.45) is 0 Å². The second kappa shape index (κ2) is 6.64. The molecule has 0 fully saturated rings. The lowest BCUT2D eigenvalue weighted by molar-refractivity contribution is -0.139. The van der Waals surface area contributed by atoms with Gasteiger partial charge < -0.3 is 14.6 Å². The van der Waals surface area contributed by atoms with Crippen molar-refractivity contribution in [2.75, 3.05) is 6.61 Å². The maximum Gasteiger partial charge on any atom is 0.377 e. The minimum Gasteiger partial charge on any atom is -0.502 e. The van der Waals surface area contributed by atoms with Crippen molar-refractivity contribution in [3.8, 4) is 0 Å². The molecule has 0 radical (unpaired) electrons. The number of hydrogen-bond acceptors (Lipinski definition) is 5. The molecule has 15 heavy (non-hydrogen) atoms. The zero-order chi connectivity index (χ0) is 11.8. The standard InChI is InChI=1S/C10H14O5/c1-4-5-14-9(12)7(2)6-15-10(13)8(3)11/h6,11H,3-5H2,1-2H3. The van der Waals surface area contributed by atoms with Crippen molar-refractivity contribution in [3.05, 3.63) is 24.2 Å². The summed E-state index contributed by atoms with van der Waals surface area (Å²) in [5.74, 6) is -2.29. The Kier molecular flexibility index (Phi) is 5.85. The SMILES string of the molecule is C=C(O)C(=O)OC=C(C)C(=O)OCCC. The first-order valence-electron chi connectivity index (χ1n) is 4.41. The monoisotopic (exact) mass is 214 g/mol. The fourth-order valence-corrected chi connectivity index (χ4v) is 0.567. The van der Waals surface area contributed by atoms with E-state index in [1.54, 1.807) is 0 Å². The molecule has 0 unspecified atom stereocenters. The zero-order valence-electron chi connectivity index (χ0n) is 8.78. The van der Waals surface area contributed by atoms with Crippen LogP contribution in [-0.4, -0.2) is 23.7 Å². The summed E-state index contributed by atoms with van der Waals surface area (Å²) in [5, 5.41) is 8.60. The minimum absolute atomic E-state index is 0.137. The van der Waals surface area contributed by atoms with Gasteiger partial charge in [0.15, 0.2) is 5.76 Å². The van der Waals surface area contributed by atoms with Gasteiger partial charge in [-0.1, -0.05) is 6.92 Å². The summed E-state index contributed by atoms with van der Waals surface area (Å²) in [5.41, 5.74) is 0.137. The molecule has 0 amide bonds. The molecule has 0 aromatic carbocycles. The Balaban J connectivity index is 4.13. The number of aliphatic hydroxyl groups is 1. The minimum atomic E-state index is -1.00. The van der Waals surface area contributed by atoms with Gasteiger partial charge in [-0.25, -0.2) is 9.59 Å². The van der Waals surface area contributed by atoms with Crippen LogP contribution in [0.3, 0.4) is 0 Å². The van der Waals surface area contributed by atoms with E-state index in [-0.39, 0.29) is 5.57 Å². The highest BCUT2D eigenvalue weighted by Crippen LogP contribution is 1.99. The molecule has 0 atom stereocenters. The molecule has 0 heterocycles. The Hall–Kier alpha value is -1.78. The molecule has 0 spiro atoms. The molecule has 0 aliphatic heterocycles. The number of carbonyl (C=O) groups is 2. The summed E-state index contributed by atoms with van der Waals surface area (Å²) in [6.45, 7) is 6.57. The van der Waals surface area contributed by atoms with Crippen LogP contribution in [0.5, 0.6) is 0 Å². The molecule has 0 aromatic heterocycles. The molecule has 0 saturated heterocycles. The van der Waals surface area contributed by atoms with Crippen LogP contribution in [0, 0.1) is 0 Å². The molecule has 5 nitrogen and oxygen atoms in total. The topological polar surface area (TPSA) is 72.8 Å². The van der Waals surface area contributed by atoms with Gasteiger partial charge in [-0.05, 0) is 19.9 Å². The van der Waals surface area contributed by atoms with E-state index >= 15 is 0 Å². The number of carbonyl (C=O) groups excluding carboxylic acids is 2. The number of aliphatic hydroxyl groups excluding tert-OH is 1. The Morgan fingerprint density at radius 2 is 2.00 bits per heavy atom. The van der Waals surface area contributed by atoms with E-state index in [0.717, 1.165) is 6.26 Å². The molecular formula is C10H14O5. The maximum atomic E-state index is 11.1. The first kappa shape index (κ1) is 13.2. The van der Waals surface area contributed by atoms with Crippen molar-refractivity contribution in [1.29, 1.82) is 0 Å². The van der Waals surface area contributed by atoms with Crippen LogP contribution < -0.4 is 0 Å². The summed E-state index contributed by atoms with van der Waals surface area (Å²) in [7, 11) is 0. The normalized spacial score (nSPS) is 10.7. The van der Waals surface area contributed by atoms with Crippen molar-refractivity contribution in [3.63, 3.8) is 0 Å². The number of rotatable bonds is 5. The summed E-state index contributed by atoms with van der Waals surface area (Å²) >= 11 is 0. The predicted molar refractivity (Wildman–Crippen MR) is 52.9 cm³/mol. The average Bonchev–Trinajstić information content (AvgIpc) is 2.21. The molecule has 0 aliphatic carbocycles. The third-order valence-corrected chi connectivity index (χ3v) is 1.34. The molecule has 0 saturated carbocycles. The van der Waals surface area contributed by atoms with Crippen LogP contribution in [0.4, 0.5) is 0 Å². The highest BCUT2D eigenvalue weighted by Gasteiger charge is 2.08. The largest absolute Gasteiger partial charge is 0.502 e. The quantitative estimate of drug-likeness (QED) is 0.426. The van der Waals surface area contributed by atoms with Crippen LogP contribution in [0.15, 0.2) is 24.2 Å². The molecule has 5 heteroatoms. The Bertz CT molecular complexity index is 290. The van der Waals surface area contributed by atoms with Gasteiger partial charge in [0, 0.05) is 0 Å². The van der Waals surface area contributed by atoms with E-state index in [0.29, 0.717) is 13.0 Å². The van der Waals surface area contributed by atoms with Gasteiger partial charge in [-0.3, -0.25) is 0 Å². The van der Waals surface area contributed by atoms with Crippen molar-refractivity contribution < 1.29 is 24.2 Å². The molecule has 0 rings (SSSR count). The lowest BCUT2D eigenvalue weighted by atomic mass is 10.3. The Labute approximate surface area is 88.0 Å². The molecule has 0 aliphatic rings. The van der Waals surface area contributed by atoms with Gasteiger partial charge in [0.2, 0.25) is 0 Å². The van der Waals surface area contributed by atoms with Crippen molar-refractivity contribution in [2.45, 2.75) is 20.3 Å². The third kappa shape index (κ3) is 5.51. The smallest absolute Gasteiger partial charge is 0.377 e. The average molecular weight is 214 g/mol. The second-order valence-electron chi connectivity index (χ2n) is 2.79. The first-order valence-corrected chi connectivity index (χ1v) is 4.41. The van der Waals surface area contributed by atoms with Gasteiger partial charge >= 0.3 is 11.9 Å². The maximum absolute atomic E-state index is 11.1. The second-order valence-corrected chi connectivity index (χ2v) is 2.79. The number of ether oxygens (including phenoxy) is 2. The van der Waals surface area contributed by atoms with Crippen LogP contribution >= 0.6 is 0 Å². The van der Waals surface area contributed by atoms with Crippen LogP contribution in [0.25, 0.3) is 0 Å². The van der Waals surface area contributed by atoms with Gasteiger partial charge in [0.1, 0.15) is 6.26 Å². The number of esters is 2. The third-order valence-electron chi connectivity index (χ3n) is 1.34. The highest BCUT2D eigenvalue weighted by atomic mass is 16.5. The molecular weight excluding hydrogens is 200 g/mol. The molecule has 0 aromatic rings. The summed E-state index contributed by atoms with van der Waals surface area (Å²) in [4.78, 5) is 21.8. The van der Waals surface area contributed by atoms with Crippen molar-refractivity contribution in [1.82, 2.24) is 0 Å². The van der Waals surface area contributed by atoms with E-state index in [9.17, 15) is 9.59 Å². The number of hydrogen-bond donors (Lipinski definition) is 1. The van der Waals surface area contributed by atoms with Crippen LogP contribution in [0.1, 0.15) is 20.3 Å². The first-order chi connectivity index (χ1) is 6.99. The van der Waals surface area contributed by atoms with E-state index in [4.69, 9.17) is 9.84 Å².